The van der Waals surface area contributed by atoms with Gasteiger partial charge in [-0.25, -0.2) is 4.79 Å². The van der Waals surface area contributed by atoms with E-state index in [4.69, 9.17) is 0 Å². The zero-order chi connectivity index (χ0) is 19.2. The summed E-state index contributed by atoms with van der Waals surface area (Å²) in [4.78, 5) is 28.9. The lowest BCUT2D eigenvalue weighted by Crippen LogP contribution is -2.39. The van der Waals surface area contributed by atoms with Gasteiger partial charge >= 0.3 is 6.03 Å². The molecular formula is C22H29N3O2. The lowest BCUT2D eigenvalue weighted by atomic mass is 10.1. The summed E-state index contributed by atoms with van der Waals surface area (Å²) in [7, 11) is 0. The molecule has 2 aromatic carbocycles. The minimum absolute atomic E-state index is 0.0946. The minimum atomic E-state index is -0.0946. The largest absolute Gasteiger partial charge is 0.341 e. The number of anilines is 1. The van der Waals surface area contributed by atoms with Gasteiger partial charge in [0.2, 0.25) is 5.91 Å². The fourth-order valence-corrected chi connectivity index (χ4v) is 3.47. The lowest BCUT2D eigenvalue weighted by Gasteiger charge is -2.23. The normalized spacial score (nSPS) is 15.1. The predicted molar refractivity (Wildman–Crippen MR) is 110 cm³/mol. The summed E-state index contributed by atoms with van der Waals surface area (Å²) in [5.74, 6) is 0.740. The summed E-state index contributed by atoms with van der Waals surface area (Å²) in [6, 6.07) is 13.9. The standard InChI is InChI=1S/C22H29N3O2/c1-17(2)11-12-21(26)24-13-6-14-25(16-15-24)22(27)23-20-10-5-8-18-7-3-4-9-19(18)20/h3-5,7-10,17H,6,11-16H2,1-2H3,(H,23,27). The number of amides is 3. The fraction of sp³-hybridized carbons (Fsp3) is 0.455. The molecule has 0 bridgehead atoms. The van der Waals surface area contributed by atoms with Crippen molar-refractivity contribution in [3.63, 3.8) is 0 Å². The van der Waals surface area contributed by atoms with Crippen molar-refractivity contribution in [1.29, 1.82) is 0 Å². The second-order valence-electron chi connectivity index (χ2n) is 7.61. The Morgan fingerprint density at radius 1 is 0.963 bits per heavy atom. The van der Waals surface area contributed by atoms with Crippen LogP contribution in [-0.4, -0.2) is 47.9 Å². The maximum Gasteiger partial charge on any atom is 0.321 e. The van der Waals surface area contributed by atoms with Gasteiger partial charge in [-0.2, -0.15) is 0 Å². The smallest absolute Gasteiger partial charge is 0.321 e. The summed E-state index contributed by atoms with van der Waals surface area (Å²) >= 11 is 0. The van der Waals surface area contributed by atoms with E-state index in [1.54, 1.807) is 0 Å². The Morgan fingerprint density at radius 2 is 1.67 bits per heavy atom. The van der Waals surface area contributed by atoms with Crippen LogP contribution in [0.4, 0.5) is 10.5 Å². The van der Waals surface area contributed by atoms with Crippen LogP contribution in [0.1, 0.15) is 33.1 Å². The fourth-order valence-electron chi connectivity index (χ4n) is 3.47. The van der Waals surface area contributed by atoms with Gasteiger partial charge in [0.15, 0.2) is 0 Å². The highest BCUT2D eigenvalue weighted by molar-refractivity contribution is 6.01. The highest BCUT2D eigenvalue weighted by Gasteiger charge is 2.22. The molecule has 3 amide bonds. The minimum Gasteiger partial charge on any atom is -0.341 e. The van der Waals surface area contributed by atoms with Crippen LogP contribution >= 0.6 is 0 Å². The third-order valence-corrected chi connectivity index (χ3v) is 5.10. The van der Waals surface area contributed by atoms with Gasteiger partial charge in [0.05, 0.1) is 5.69 Å². The Hall–Kier alpha value is -2.56. The van der Waals surface area contributed by atoms with Crippen LogP contribution in [-0.2, 0) is 4.79 Å². The highest BCUT2D eigenvalue weighted by atomic mass is 16.2. The van der Waals surface area contributed by atoms with Gasteiger partial charge in [-0.15, -0.1) is 0 Å². The summed E-state index contributed by atoms with van der Waals surface area (Å²) in [5, 5.41) is 5.19. The second-order valence-corrected chi connectivity index (χ2v) is 7.61. The monoisotopic (exact) mass is 367 g/mol. The van der Waals surface area contributed by atoms with Gasteiger partial charge in [-0.05, 0) is 30.2 Å². The number of urea groups is 1. The molecule has 1 aliphatic heterocycles. The van der Waals surface area contributed by atoms with Crippen LogP contribution in [0.2, 0.25) is 0 Å². The van der Waals surface area contributed by atoms with Crippen molar-refractivity contribution < 1.29 is 9.59 Å². The maximum absolute atomic E-state index is 12.8. The SMILES string of the molecule is CC(C)CCC(=O)N1CCCN(C(=O)Nc2cccc3ccccc23)CC1. The number of nitrogens with one attached hydrogen (secondary N) is 1. The molecule has 1 N–H and O–H groups in total. The van der Waals surface area contributed by atoms with E-state index in [0.29, 0.717) is 32.0 Å². The van der Waals surface area contributed by atoms with Crippen molar-refractivity contribution in [3.05, 3.63) is 42.5 Å². The third-order valence-electron chi connectivity index (χ3n) is 5.10. The highest BCUT2D eigenvalue weighted by Crippen LogP contribution is 2.23. The molecule has 1 heterocycles. The van der Waals surface area contributed by atoms with Crippen molar-refractivity contribution in [2.75, 3.05) is 31.5 Å². The van der Waals surface area contributed by atoms with E-state index >= 15 is 0 Å². The maximum atomic E-state index is 12.8. The van der Waals surface area contributed by atoms with Crippen LogP contribution in [0, 0.1) is 5.92 Å². The number of fused-ring (bicyclic) bond motifs is 1. The van der Waals surface area contributed by atoms with E-state index in [2.05, 4.69) is 19.2 Å². The van der Waals surface area contributed by atoms with E-state index in [1.165, 1.54) is 0 Å². The van der Waals surface area contributed by atoms with Gasteiger partial charge in [0.1, 0.15) is 0 Å². The van der Waals surface area contributed by atoms with Crippen LogP contribution < -0.4 is 5.32 Å². The Morgan fingerprint density at radius 3 is 2.48 bits per heavy atom. The number of hydrogen-bond acceptors (Lipinski definition) is 2. The Balaban J connectivity index is 1.60. The molecule has 0 atom stereocenters. The first kappa shape index (κ1) is 19.2. The molecule has 1 aliphatic rings. The zero-order valence-corrected chi connectivity index (χ0v) is 16.3. The van der Waals surface area contributed by atoms with E-state index < -0.39 is 0 Å². The summed E-state index contributed by atoms with van der Waals surface area (Å²) in [5.41, 5.74) is 0.826. The second kappa shape index (κ2) is 8.89. The molecule has 5 nitrogen and oxygen atoms in total. The van der Waals surface area contributed by atoms with Crippen LogP contribution in [0.15, 0.2) is 42.5 Å². The van der Waals surface area contributed by atoms with E-state index in [9.17, 15) is 9.59 Å². The third kappa shape index (κ3) is 5.00. The Labute approximate surface area is 161 Å². The lowest BCUT2D eigenvalue weighted by molar-refractivity contribution is -0.131. The molecule has 5 heteroatoms. The number of rotatable bonds is 4. The average Bonchev–Trinajstić information content (AvgIpc) is 2.93. The van der Waals surface area contributed by atoms with Gasteiger partial charge < -0.3 is 15.1 Å². The zero-order valence-electron chi connectivity index (χ0n) is 16.3. The predicted octanol–water partition coefficient (Wildman–Crippen LogP) is 4.34. The molecule has 1 saturated heterocycles. The summed E-state index contributed by atoms with van der Waals surface area (Å²) in [6.45, 7) is 6.85. The molecule has 27 heavy (non-hydrogen) atoms. The summed E-state index contributed by atoms with van der Waals surface area (Å²) in [6.07, 6.45) is 2.33. The molecule has 2 aromatic rings. The number of nitrogens with zero attached hydrogens (tertiary/aromatic N) is 2. The molecule has 0 unspecified atom stereocenters. The van der Waals surface area contributed by atoms with Crippen molar-refractivity contribution in [2.45, 2.75) is 33.1 Å². The molecule has 1 fully saturated rings. The molecule has 0 spiro atoms. The molecule has 3 rings (SSSR count). The van der Waals surface area contributed by atoms with Crippen LogP contribution in [0.25, 0.3) is 10.8 Å². The quantitative estimate of drug-likeness (QED) is 0.874. The first-order chi connectivity index (χ1) is 13.0. The first-order valence-corrected chi connectivity index (χ1v) is 9.86. The molecule has 0 radical (unpaired) electrons. The van der Waals surface area contributed by atoms with Crippen molar-refractivity contribution >= 4 is 28.4 Å². The van der Waals surface area contributed by atoms with Crippen molar-refractivity contribution in [1.82, 2.24) is 9.80 Å². The van der Waals surface area contributed by atoms with Crippen LogP contribution in [0.5, 0.6) is 0 Å². The topological polar surface area (TPSA) is 52.7 Å². The number of carbonyl (C=O) groups excluding carboxylic acids is 2. The van der Waals surface area contributed by atoms with Gasteiger partial charge in [-0.1, -0.05) is 50.2 Å². The van der Waals surface area contributed by atoms with E-state index in [1.807, 2.05) is 52.3 Å². The molecule has 0 aliphatic carbocycles. The summed E-state index contributed by atoms with van der Waals surface area (Å²) < 4.78 is 0. The number of hydrogen-bond donors (Lipinski definition) is 1. The molecule has 0 saturated carbocycles. The van der Waals surface area contributed by atoms with E-state index in [0.717, 1.165) is 35.8 Å². The van der Waals surface area contributed by atoms with Gasteiger partial charge in [-0.3, -0.25) is 4.79 Å². The Kier molecular flexibility index (Phi) is 6.32. The number of carbonyl (C=O) groups is 2. The van der Waals surface area contributed by atoms with Gasteiger partial charge in [0.25, 0.3) is 0 Å². The van der Waals surface area contributed by atoms with E-state index in [-0.39, 0.29) is 11.9 Å². The van der Waals surface area contributed by atoms with Crippen molar-refractivity contribution in [2.24, 2.45) is 5.92 Å². The molecule has 0 aromatic heterocycles. The Bertz CT molecular complexity index is 798. The first-order valence-electron chi connectivity index (χ1n) is 9.86. The van der Waals surface area contributed by atoms with Crippen LogP contribution in [0.3, 0.4) is 0 Å². The molecular weight excluding hydrogens is 338 g/mol. The molecule has 144 valence electrons. The van der Waals surface area contributed by atoms with Crippen molar-refractivity contribution in [3.8, 4) is 0 Å². The average molecular weight is 367 g/mol. The van der Waals surface area contributed by atoms with Gasteiger partial charge in [0, 0.05) is 38.0 Å². The number of benzene rings is 2.